The SMILES string of the molecule is Cc1ccc(NC(=O)CNS(=O)(=O)c2ccc(OC(C)C)cc2)cc1C. The van der Waals surface area contributed by atoms with E-state index < -0.39 is 15.9 Å². The van der Waals surface area contributed by atoms with Crippen molar-refractivity contribution in [1.29, 1.82) is 0 Å². The molecule has 0 radical (unpaired) electrons. The average Bonchev–Trinajstić information content (AvgIpc) is 2.56. The van der Waals surface area contributed by atoms with Crippen molar-refractivity contribution in [2.75, 3.05) is 11.9 Å². The highest BCUT2D eigenvalue weighted by Gasteiger charge is 2.16. The molecule has 0 unspecified atom stereocenters. The minimum absolute atomic E-state index is 0.00434. The fraction of sp³-hybridized carbons (Fsp3) is 0.316. The molecule has 0 aliphatic rings. The standard InChI is InChI=1S/C19H24N2O4S/c1-13(2)25-17-7-9-18(10-8-17)26(23,24)20-12-19(22)21-16-6-5-14(3)15(4)11-16/h5-11,13,20H,12H2,1-4H3,(H,21,22). The molecule has 26 heavy (non-hydrogen) atoms. The van der Waals surface area contributed by atoms with Gasteiger partial charge in [-0.15, -0.1) is 0 Å². The Bertz CT molecular complexity index is 875. The lowest BCUT2D eigenvalue weighted by molar-refractivity contribution is -0.115. The number of hydrogen-bond acceptors (Lipinski definition) is 4. The molecule has 0 fully saturated rings. The van der Waals surface area contributed by atoms with E-state index in [9.17, 15) is 13.2 Å². The number of sulfonamides is 1. The number of carbonyl (C=O) groups excluding carboxylic acids is 1. The Kier molecular flexibility index (Phi) is 6.39. The van der Waals surface area contributed by atoms with Crippen molar-refractivity contribution < 1.29 is 17.9 Å². The van der Waals surface area contributed by atoms with Crippen LogP contribution < -0.4 is 14.8 Å². The van der Waals surface area contributed by atoms with Crippen molar-refractivity contribution in [3.63, 3.8) is 0 Å². The highest BCUT2D eigenvalue weighted by Crippen LogP contribution is 2.17. The predicted octanol–water partition coefficient (Wildman–Crippen LogP) is 3.01. The molecule has 0 atom stereocenters. The Morgan fingerprint density at radius 3 is 2.27 bits per heavy atom. The number of nitrogens with one attached hydrogen (secondary N) is 2. The molecule has 6 nitrogen and oxygen atoms in total. The van der Waals surface area contributed by atoms with Crippen molar-refractivity contribution >= 4 is 21.6 Å². The third-order valence-electron chi connectivity index (χ3n) is 3.72. The van der Waals surface area contributed by atoms with Crippen molar-refractivity contribution in [3.05, 3.63) is 53.6 Å². The lowest BCUT2D eigenvalue weighted by atomic mass is 10.1. The number of hydrogen-bond donors (Lipinski definition) is 2. The lowest BCUT2D eigenvalue weighted by Gasteiger charge is -2.11. The minimum atomic E-state index is -3.77. The number of anilines is 1. The van der Waals surface area contributed by atoms with Crippen molar-refractivity contribution in [1.82, 2.24) is 4.72 Å². The zero-order valence-electron chi connectivity index (χ0n) is 15.4. The Morgan fingerprint density at radius 1 is 1.04 bits per heavy atom. The maximum Gasteiger partial charge on any atom is 0.241 e. The summed E-state index contributed by atoms with van der Waals surface area (Å²) in [6.45, 7) is 7.35. The average molecular weight is 376 g/mol. The van der Waals surface area contributed by atoms with E-state index >= 15 is 0 Å². The van der Waals surface area contributed by atoms with Crippen molar-refractivity contribution in [2.24, 2.45) is 0 Å². The number of rotatable bonds is 7. The van der Waals surface area contributed by atoms with E-state index in [0.29, 0.717) is 11.4 Å². The van der Waals surface area contributed by atoms with E-state index in [2.05, 4.69) is 10.0 Å². The number of amides is 1. The van der Waals surface area contributed by atoms with Gasteiger partial charge in [0.15, 0.2) is 0 Å². The van der Waals surface area contributed by atoms with Gasteiger partial charge in [-0.2, -0.15) is 0 Å². The van der Waals surface area contributed by atoms with Crippen LogP contribution in [0.1, 0.15) is 25.0 Å². The molecule has 7 heteroatoms. The van der Waals surface area contributed by atoms with Gasteiger partial charge in [0.25, 0.3) is 0 Å². The molecule has 0 spiro atoms. The Hall–Kier alpha value is -2.38. The van der Waals surface area contributed by atoms with Gasteiger partial charge < -0.3 is 10.1 Å². The number of carbonyl (C=O) groups is 1. The van der Waals surface area contributed by atoms with Crippen LogP contribution in [0, 0.1) is 13.8 Å². The maximum atomic E-state index is 12.3. The van der Waals surface area contributed by atoms with E-state index in [1.165, 1.54) is 12.1 Å². The fourth-order valence-corrected chi connectivity index (χ4v) is 3.22. The van der Waals surface area contributed by atoms with Crippen LogP contribution in [-0.2, 0) is 14.8 Å². The van der Waals surface area contributed by atoms with Gasteiger partial charge in [0.05, 0.1) is 17.5 Å². The Balaban J connectivity index is 1.96. The van der Waals surface area contributed by atoms with E-state index in [1.54, 1.807) is 18.2 Å². The highest BCUT2D eigenvalue weighted by atomic mass is 32.2. The van der Waals surface area contributed by atoms with Crippen LogP contribution in [0.3, 0.4) is 0 Å². The predicted molar refractivity (Wildman–Crippen MR) is 102 cm³/mol. The highest BCUT2D eigenvalue weighted by molar-refractivity contribution is 7.89. The summed E-state index contributed by atoms with van der Waals surface area (Å²) in [4.78, 5) is 12.1. The molecule has 0 aromatic heterocycles. The molecular weight excluding hydrogens is 352 g/mol. The first-order valence-corrected chi connectivity index (χ1v) is 9.79. The molecule has 0 heterocycles. The maximum absolute atomic E-state index is 12.3. The van der Waals surface area contributed by atoms with Crippen LogP contribution in [0.4, 0.5) is 5.69 Å². The van der Waals surface area contributed by atoms with E-state index in [1.807, 2.05) is 39.8 Å². The minimum Gasteiger partial charge on any atom is -0.491 e. The van der Waals surface area contributed by atoms with Gasteiger partial charge in [-0.25, -0.2) is 13.1 Å². The van der Waals surface area contributed by atoms with E-state index in [0.717, 1.165) is 11.1 Å². The fourth-order valence-electron chi connectivity index (χ4n) is 2.24. The third-order valence-corrected chi connectivity index (χ3v) is 5.14. The second-order valence-corrected chi connectivity index (χ2v) is 8.08. The van der Waals surface area contributed by atoms with E-state index in [-0.39, 0.29) is 17.5 Å². The summed E-state index contributed by atoms with van der Waals surface area (Å²) < 4.78 is 32.4. The summed E-state index contributed by atoms with van der Waals surface area (Å²) in [5.41, 5.74) is 2.80. The third kappa shape index (κ3) is 5.57. The van der Waals surface area contributed by atoms with Gasteiger partial charge in [-0.1, -0.05) is 6.07 Å². The zero-order chi connectivity index (χ0) is 19.3. The molecular formula is C19H24N2O4S. The smallest absolute Gasteiger partial charge is 0.241 e. The summed E-state index contributed by atoms with van der Waals surface area (Å²) in [5, 5.41) is 2.68. The first-order chi connectivity index (χ1) is 12.2. The number of benzene rings is 2. The van der Waals surface area contributed by atoms with E-state index in [4.69, 9.17) is 4.74 Å². The molecule has 2 aromatic carbocycles. The molecule has 1 amide bonds. The van der Waals surface area contributed by atoms with Crippen molar-refractivity contribution in [3.8, 4) is 5.75 Å². The molecule has 0 aliphatic heterocycles. The van der Waals surface area contributed by atoms with Gasteiger partial charge in [0.1, 0.15) is 5.75 Å². The normalized spacial score (nSPS) is 11.4. The lowest BCUT2D eigenvalue weighted by Crippen LogP contribution is -2.32. The molecule has 0 bridgehead atoms. The van der Waals surface area contributed by atoms with Gasteiger partial charge in [0.2, 0.25) is 15.9 Å². The molecule has 2 N–H and O–H groups in total. The molecule has 2 aromatic rings. The molecule has 0 saturated carbocycles. The van der Waals surface area contributed by atoms with Crippen molar-refractivity contribution in [2.45, 2.75) is 38.7 Å². The summed E-state index contributed by atoms with van der Waals surface area (Å²) in [5.74, 6) is 0.156. The van der Waals surface area contributed by atoms with Crippen LogP contribution in [0.25, 0.3) is 0 Å². The Morgan fingerprint density at radius 2 is 1.69 bits per heavy atom. The second-order valence-electron chi connectivity index (χ2n) is 6.31. The monoisotopic (exact) mass is 376 g/mol. The molecule has 140 valence electrons. The van der Waals surface area contributed by atoms with Gasteiger partial charge in [-0.05, 0) is 75.2 Å². The quantitative estimate of drug-likeness (QED) is 0.778. The van der Waals surface area contributed by atoms with Crippen LogP contribution in [-0.4, -0.2) is 27.0 Å². The van der Waals surface area contributed by atoms with Crippen LogP contribution in [0.2, 0.25) is 0 Å². The zero-order valence-corrected chi connectivity index (χ0v) is 16.2. The Labute approximate surface area is 154 Å². The molecule has 2 rings (SSSR count). The first-order valence-electron chi connectivity index (χ1n) is 8.31. The summed E-state index contributed by atoms with van der Waals surface area (Å²) >= 11 is 0. The number of aryl methyl sites for hydroxylation is 2. The summed E-state index contributed by atoms with van der Waals surface area (Å²) in [7, 11) is -3.77. The van der Waals surface area contributed by atoms with Gasteiger partial charge >= 0.3 is 0 Å². The molecule has 0 aliphatic carbocycles. The summed E-state index contributed by atoms with van der Waals surface area (Å²) in [6, 6.07) is 11.6. The topological polar surface area (TPSA) is 84.5 Å². The first kappa shape index (κ1) is 19.9. The van der Waals surface area contributed by atoms with Crippen LogP contribution >= 0.6 is 0 Å². The van der Waals surface area contributed by atoms with Gasteiger partial charge in [0, 0.05) is 5.69 Å². The molecule has 0 saturated heterocycles. The van der Waals surface area contributed by atoms with Gasteiger partial charge in [-0.3, -0.25) is 4.79 Å². The number of ether oxygens (including phenoxy) is 1. The largest absolute Gasteiger partial charge is 0.491 e. The van der Waals surface area contributed by atoms with Crippen LogP contribution in [0.15, 0.2) is 47.4 Å². The second kappa shape index (κ2) is 8.33. The van der Waals surface area contributed by atoms with Crippen LogP contribution in [0.5, 0.6) is 5.75 Å². The summed E-state index contributed by atoms with van der Waals surface area (Å²) in [6.07, 6.45) is 0.00434.